The summed E-state index contributed by atoms with van der Waals surface area (Å²) in [6.45, 7) is 0.977. The zero-order valence-electron chi connectivity index (χ0n) is 15.5. The Balaban J connectivity index is 1.45. The summed E-state index contributed by atoms with van der Waals surface area (Å²) in [5.41, 5.74) is 1.89. The minimum absolute atomic E-state index is 0.154. The molecule has 2 fully saturated rings. The molecule has 3 heterocycles. The maximum absolute atomic E-state index is 13.3. The van der Waals surface area contributed by atoms with Crippen molar-refractivity contribution in [1.82, 2.24) is 9.29 Å². The van der Waals surface area contributed by atoms with E-state index in [0.717, 1.165) is 35.9 Å². The van der Waals surface area contributed by atoms with Crippen LogP contribution in [-0.2, 0) is 10.0 Å². The van der Waals surface area contributed by atoms with E-state index in [9.17, 15) is 13.5 Å². The van der Waals surface area contributed by atoms with Gasteiger partial charge in [-0.15, -0.1) is 0 Å². The molecule has 6 nitrogen and oxygen atoms in total. The van der Waals surface area contributed by atoms with Gasteiger partial charge in [0, 0.05) is 42.6 Å². The van der Waals surface area contributed by atoms with E-state index in [-0.39, 0.29) is 17.8 Å². The molecule has 0 saturated carbocycles. The Labute approximate surface area is 164 Å². The molecule has 0 amide bonds. The molecule has 7 heteroatoms. The van der Waals surface area contributed by atoms with Gasteiger partial charge in [-0.05, 0) is 67.1 Å². The lowest BCUT2D eigenvalue weighted by atomic mass is 9.91. The number of nitrogens with zero attached hydrogens (tertiary/aromatic N) is 2. The van der Waals surface area contributed by atoms with Crippen LogP contribution in [0.15, 0.2) is 59.6 Å². The van der Waals surface area contributed by atoms with Crippen molar-refractivity contribution in [3.8, 4) is 5.75 Å². The van der Waals surface area contributed by atoms with Crippen LogP contribution in [0.1, 0.15) is 19.3 Å². The van der Waals surface area contributed by atoms with Gasteiger partial charge in [0.15, 0.2) is 0 Å². The first-order chi connectivity index (χ1) is 13.5. The van der Waals surface area contributed by atoms with Crippen LogP contribution in [0.25, 0.3) is 10.9 Å². The number of aromatic amines is 1. The first-order valence-corrected chi connectivity index (χ1v) is 11.1. The average molecular weight is 398 g/mol. The van der Waals surface area contributed by atoms with Crippen molar-refractivity contribution in [3.63, 3.8) is 0 Å². The SMILES string of the molecule is O=S(=O)(c1ccc2cc[nH]c2c1)N1C[C@H]2CCC[C@@H](C1)N2c1ccc(O)cc1. The third kappa shape index (κ3) is 2.86. The molecule has 2 saturated heterocycles. The van der Waals surface area contributed by atoms with Gasteiger partial charge in [-0.1, -0.05) is 6.07 Å². The second-order valence-electron chi connectivity index (χ2n) is 7.71. The number of piperidine rings is 1. The van der Waals surface area contributed by atoms with Crippen molar-refractivity contribution in [1.29, 1.82) is 0 Å². The molecule has 0 radical (unpaired) electrons. The highest BCUT2D eigenvalue weighted by Gasteiger charge is 2.41. The summed E-state index contributed by atoms with van der Waals surface area (Å²) in [6, 6.07) is 14.8. The van der Waals surface area contributed by atoms with Crippen molar-refractivity contribution in [2.24, 2.45) is 0 Å². The number of hydrogen-bond acceptors (Lipinski definition) is 4. The molecule has 0 aliphatic carbocycles. The third-order valence-electron chi connectivity index (χ3n) is 6.00. The Morgan fingerprint density at radius 3 is 2.39 bits per heavy atom. The van der Waals surface area contributed by atoms with Crippen LogP contribution in [0.4, 0.5) is 5.69 Å². The van der Waals surface area contributed by atoms with E-state index in [4.69, 9.17) is 0 Å². The molecule has 2 aliphatic rings. The summed E-state index contributed by atoms with van der Waals surface area (Å²) >= 11 is 0. The molecule has 0 spiro atoms. The van der Waals surface area contributed by atoms with Gasteiger partial charge in [-0.2, -0.15) is 4.31 Å². The first kappa shape index (κ1) is 17.6. The van der Waals surface area contributed by atoms with Gasteiger partial charge in [0.25, 0.3) is 0 Å². The lowest BCUT2D eigenvalue weighted by Gasteiger charge is -2.50. The summed E-state index contributed by atoms with van der Waals surface area (Å²) in [4.78, 5) is 5.79. The minimum Gasteiger partial charge on any atom is -0.508 e. The monoisotopic (exact) mass is 397 g/mol. The number of aromatic nitrogens is 1. The second-order valence-corrected chi connectivity index (χ2v) is 9.65. The quantitative estimate of drug-likeness (QED) is 0.711. The zero-order chi connectivity index (χ0) is 19.3. The molecule has 28 heavy (non-hydrogen) atoms. The van der Waals surface area contributed by atoms with Crippen LogP contribution in [0.3, 0.4) is 0 Å². The predicted molar refractivity (Wildman–Crippen MR) is 109 cm³/mol. The Hall–Kier alpha value is -2.51. The lowest BCUT2D eigenvalue weighted by Crippen LogP contribution is -2.62. The number of phenols is 1. The number of phenolic OH excluding ortho intramolecular Hbond substituents is 1. The van der Waals surface area contributed by atoms with E-state index >= 15 is 0 Å². The topological polar surface area (TPSA) is 76.6 Å². The molecule has 146 valence electrons. The molecular formula is C21H23N3O3S. The fourth-order valence-electron chi connectivity index (χ4n) is 4.65. The maximum Gasteiger partial charge on any atom is 0.243 e. The van der Waals surface area contributed by atoms with E-state index in [2.05, 4.69) is 9.88 Å². The second kappa shape index (κ2) is 6.53. The number of aromatic hydroxyl groups is 1. The number of benzene rings is 2. The molecule has 1 aromatic heterocycles. The number of nitrogens with one attached hydrogen (secondary N) is 1. The van der Waals surface area contributed by atoms with Gasteiger partial charge in [0.2, 0.25) is 10.0 Å². The summed E-state index contributed by atoms with van der Waals surface area (Å²) in [6.07, 6.45) is 4.88. The number of sulfonamides is 1. The Bertz CT molecular complexity index is 1090. The van der Waals surface area contributed by atoms with Crippen molar-refractivity contribution < 1.29 is 13.5 Å². The largest absolute Gasteiger partial charge is 0.508 e. The number of piperazine rings is 1. The summed E-state index contributed by atoms with van der Waals surface area (Å²) in [5, 5.41) is 10.6. The fraction of sp³-hybridized carbons (Fsp3) is 0.333. The van der Waals surface area contributed by atoms with E-state index < -0.39 is 10.0 Å². The van der Waals surface area contributed by atoms with E-state index in [0.29, 0.717) is 18.0 Å². The molecule has 5 rings (SSSR count). The summed E-state index contributed by atoms with van der Waals surface area (Å²) in [5.74, 6) is 0.245. The van der Waals surface area contributed by atoms with Gasteiger partial charge in [0.05, 0.1) is 4.90 Å². The van der Waals surface area contributed by atoms with Crippen LogP contribution in [0.2, 0.25) is 0 Å². The average Bonchev–Trinajstić information content (AvgIpc) is 3.15. The van der Waals surface area contributed by atoms with Crippen LogP contribution in [0.5, 0.6) is 5.75 Å². The highest BCUT2D eigenvalue weighted by molar-refractivity contribution is 7.89. The molecule has 2 bridgehead atoms. The molecule has 0 unspecified atom stereocenters. The van der Waals surface area contributed by atoms with E-state index in [1.807, 2.05) is 30.5 Å². The molecule has 2 aliphatic heterocycles. The number of H-pyrrole nitrogens is 1. The molecule has 3 aromatic rings. The number of anilines is 1. The molecule has 2 N–H and O–H groups in total. The van der Waals surface area contributed by atoms with Crippen LogP contribution < -0.4 is 4.90 Å². The van der Waals surface area contributed by atoms with Crippen molar-refractivity contribution in [3.05, 3.63) is 54.7 Å². The Morgan fingerprint density at radius 1 is 0.964 bits per heavy atom. The van der Waals surface area contributed by atoms with Crippen LogP contribution in [-0.4, -0.2) is 48.0 Å². The van der Waals surface area contributed by atoms with Crippen molar-refractivity contribution >= 4 is 26.6 Å². The standard InChI is InChI=1S/C21H23N3O3S/c25-19-7-5-16(6-8-19)24-17-2-1-3-18(24)14-23(13-17)28(26,27)20-9-4-15-10-11-22-21(15)12-20/h4-12,17-18,22,25H,1-3,13-14H2/t17-,18+. The lowest BCUT2D eigenvalue weighted by molar-refractivity contribution is 0.231. The van der Waals surface area contributed by atoms with Gasteiger partial charge in [-0.25, -0.2) is 8.42 Å². The maximum atomic E-state index is 13.3. The predicted octanol–water partition coefficient (Wildman–Crippen LogP) is 3.31. The number of fused-ring (bicyclic) bond motifs is 3. The first-order valence-electron chi connectivity index (χ1n) is 9.67. The highest BCUT2D eigenvalue weighted by atomic mass is 32.2. The molecular weight excluding hydrogens is 374 g/mol. The van der Waals surface area contributed by atoms with Crippen LogP contribution in [0, 0.1) is 0 Å². The fourth-order valence-corrected chi connectivity index (χ4v) is 6.19. The third-order valence-corrected chi connectivity index (χ3v) is 7.83. The number of hydrogen-bond donors (Lipinski definition) is 2. The van der Waals surface area contributed by atoms with Gasteiger partial charge in [-0.3, -0.25) is 0 Å². The molecule has 2 atom stereocenters. The van der Waals surface area contributed by atoms with E-state index in [1.165, 1.54) is 0 Å². The normalized spacial score (nSPS) is 23.2. The van der Waals surface area contributed by atoms with Crippen LogP contribution >= 0.6 is 0 Å². The smallest absolute Gasteiger partial charge is 0.243 e. The zero-order valence-corrected chi connectivity index (χ0v) is 16.3. The molecule has 2 aromatic carbocycles. The van der Waals surface area contributed by atoms with E-state index in [1.54, 1.807) is 28.6 Å². The van der Waals surface area contributed by atoms with Crippen molar-refractivity contribution in [2.75, 3.05) is 18.0 Å². The van der Waals surface area contributed by atoms with Gasteiger partial charge < -0.3 is 15.0 Å². The van der Waals surface area contributed by atoms with Gasteiger partial charge in [0.1, 0.15) is 5.75 Å². The highest BCUT2D eigenvalue weighted by Crippen LogP contribution is 2.36. The minimum atomic E-state index is -3.54. The Morgan fingerprint density at radius 2 is 1.68 bits per heavy atom. The summed E-state index contributed by atoms with van der Waals surface area (Å²) in [7, 11) is -3.54. The summed E-state index contributed by atoms with van der Waals surface area (Å²) < 4.78 is 28.3. The van der Waals surface area contributed by atoms with Crippen molar-refractivity contribution in [2.45, 2.75) is 36.2 Å². The Kier molecular flexibility index (Phi) is 4.10. The van der Waals surface area contributed by atoms with Gasteiger partial charge >= 0.3 is 0 Å². The number of rotatable bonds is 3.